The zero-order valence-electron chi connectivity index (χ0n) is 17.9. The average molecular weight is 561 g/mol. The molecule has 4 rings (SSSR count). The van der Waals surface area contributed by atoms with Crippen LogP contribution >= 0.6 is 47.9 Å². The van der Waals surface area contributed by atoms with Crippen LogP contribution in [0, 0.1) is 0 Å². The van der Waals surface area contributed by atoms with Gasteiger partial charge in [0.2, 0.25) is 0 Å². The van der Waals surface area contributed by atoms with Crippen molar-refractivity contribution in [3.8, 4) is 0 Å². The number of β-lactam (4-membered cyclic amide) rings is 1. The zero-order valence-corrected chi connectivity index (χ0v) is 21.2. The Morgan fingerprint density at radius 3 is 2.54 bits per heavy atom. The van der Waals surface area contributed by atoms with Gasteiger partial charge in [0.15, 0.2) is 10.8 Å². The number of oxime groups is 1. The van der Waals surface area contributed by atoms with Crippen LogP contribution in [0.5, 0.6) is 0 Å². The summed E-state index contributed by atoms with van der Waals surface area (Å²) in [4.78, 5) is 47.5. The molecule has 0 bridgehead atoms. The molecular formula is C20H22Cl2N6O5S2. The highest BCUT2D eigenvalue weighted by Crippen LogP contribution is 2.37. The molecule has 188 valence electrons. The van der Waals surface area contributed by atoms with E-state index < -0.39 is 29.2 Å². The fourth-order valence-corrected chi connectivity index (χ4v) is 5.03. The van der Waals surface area contributed by atoms with Gasteiger partial charge in [-0.25, -0.2) is 9.78 Å². The second-order valence-corrected chi connectivity index (χ2v) is 9.12. The van der Waals surface area contributed by atoms with E-state index in [0.717, 1.165) is 22.5 Å². The van der Waals surface area contributed by atoms with E-state index in [2.05, 4.69) is 15.5 Å². The molecule has 1 saturated heterocycles. The highest BCUT2D eigenvalue weighted by molar-refractivity contribution is 8.00. The molecule has 11 nitrogen and oxygen atoms in total. The molecule has 0 radical (unpaired) electrons. The first-order valence-corrected chi connectivity index (χ1v) is 11.7. The van der Waals surface area contributed by atoms with Gasteiger partial charge in [0, 0.05) is 17.7 Å². The summed E-state index contributed by atoms with van der Waals surface area (Å²) < 4.78 is 0. The predicted molar refractivity (Wildman–Crippen MR) is 137 cm³/mol. The molecule has 0 saturated carbocycles. The van der Waals surface area contributed by atoms with Crippen LogP contribution in [0.3, 0.4) is 0 Å². The van der Waals surface area contributed by atoms with Gasteiger partial charge < -0.3 is 26.7 Å². The Morgan fingerprint density at radius 2 is 1.94 bits per heavy atom. The van der Waals surface area contributed by atoms with E-state index in [1.807, 2.05) is 24.3 Å². The second kappa shape index (κ2) is 12.2. The van der Waals surface area contributed by atoms with Crippen molar-refractivity contribution in [3.05, 3.63) is 58.2 Å². The number of rotatable bonds is 8. The molecule has 1 aromatic heterocycles. The molecule has 2 aliphatic rings. The number of benzene rings is 1. The maximum Gasteiger partial charge on any atom is 0.352 e. The molecule has 3 heterocycles. The van der Waals surface area contributed by atoms with E-state index in [-0.39, 0.29) is 53.7 Å². The molecule has 2 atom stereocenters. The molecular weight excluding hydrogens is 539 g/mol. The van der Waals surface area contributed by atoms with Crippen molar-refractivity contribution in [2.24, 2.45) is 10.9 Å². The molecule has 2 aromatic rings. The van der Waals surface area contributed by atoms with Crippen molar-refractivity contribution in [3.63, 3.8) is 0 Å². The molecule has 2 amide bonds. The van der Waals surface area contributed by atoms with Gasteiger partial charge in [0.25, 0.3) is 11.8 Å². The summed E-state index contributed by atoms with van der Waals surface area (Å²) in [7, 11) is 0. The van der Waals surface area contributed by atoms with Crippen LogP contribution in [0.4, 0.5) is 5.13 Å². The molecule has 0 spiro atoms. The first kappa shape index (κ1) is 28.4. The predicted octanol–water partition coefficient (Wildman–Crippen LogP) is 1.32. The van der Waals surface area contributed by atoms with Crippen LogP contribution in [0.2, 0.25) is 0 Å². The summed E-state index contributed by atoms with van der Waals surface area (Å²) in [5.74, 6) is -1.96. The quantitative estimate of drug-likeness (QED) is 0.211. The van der Waals surface area contributed by atoms with Gasteiger partial charge in [-0.2, -0.15) is 0 Å². The van der Waals surface area contributed by atoms with Gasteiger partial charge in [-0.1, -0.05) is 29.4 Å². The van der Waals surface area contributed by atoms with Crippen molar-refractivity contribution in [2.45, 2.75) is 24.6 Å². The van der Waals surface area contributed by atoms with Crippen LogP contribution in [-0.4, -0.2) is 55.7 Å². The monoisotopic (exact) mass is 560 g/mol. The van der Waals surface area contributed by atoms with E-state index in [1.54, 1.807) is 5.38 Å². The number of halogens is 2. The number of thioether (sulfide) groups is 1. The fraction of sp³-hybridized carbons (Fsp3) is 0.250. The summed E-state index contributed by atoms with van der Waals surface area (Å²) >= 11 is 2.49. The maximum absolute atomic E-state index is 13.0. The largest absolute Gasteiger partial charge is 0.477 e. The lowest BCUT2D eigenvalue weighted by Gasteiger charge is -2.48. The number of carbonyl (C=O) groups excluding carboxylic acids is 2. The number of hydrogen-bond donors (Lipinski definition) is 4. The third-order valence-electron chi connectivity index (χ3n) is 4.98. The summed E-state index contributed by atoms with van der Waals surface area (Å²) in [6, 6.07) is 6.52. The highest BCUT2D eigenvalue weighted by Gasteiger charge is 2.53. The van der Waals surface area contributed by atoms with Gasteiger partial charge >= 0.3 is 5.97 Å². The number of nitrogens with two attached hydrogens (primary N) is 2. The van der Waals surface area contributed by atoms with E-state index in [0.29, 0.717) is 12.3 Å². The number of fused-ring (bicyclic) bond motifs is 1. The first-order valence-electron chi connectivity index (χ1n) is 9.77. The minimum absolute atomic E-state index is 0. The molecule has 0 aliphatic carbocycles. The number of nitrogen functional groups attached to an aromatic ring is 1. The number of anilines is 1. The van der Waals surface area contributed by atoms with Crippen molar-refractivity contribution in [1.82, 2.24) is 15.2 Å². The average Bonchev–Trinajstić information content (AvgIpc) is 3.25. The molecule has 2 aliphatic heterocycles. The first-order chi connectivity index (χ1) is 15.9. The molecule has 35 heavy (non-hydrogen) atoms. The summed E-state index contributed by atoms with van der Waals surface area (Å²) in [5.41, 5.74) is 13.1. The Bertz CT molecular complexity index is 1160. The summed E-state index contributed by atoms with van der Waals surface area (Å²) in [5, 5.41) is 17.2. The van der Waals surface area contributed by atoms with E-state index in [1.165, 1.54) is 22.7 Å². The Kier molecular flexibility index (Phi) is 9.92. The number of aliphatic carboxylic acids is 1. The van der Waals surface area contributed by atoms with E-state index >= 15 is 0 Å². The number of nitrogens with one attached hydrogen (secondary N) is 1. The Morgan fingerprint density at radius 1 is 1.26 bits per heavy atom. The van der Waals surface area contributed by atoms with Gasteiger partial charge in [0.1, 0.15) is 29.4 Å². The van der Waals surface area contributed by atoms with Crippen LogP contribution in [0.25, 0.3) is 0 Å². The number of carboxylic acid groups (broad SMARTS) is 1. The number of hydrogen-bond acceptors (Lipinski definition) is 10. The molecule has 6 N–H and O–H groups in total. The minimum atomic E-state index is -1.19. The summed E-state index contributed by atoms with van der Waals surface area (Å²) in [6.07, 6.45) is 1.47. The van der Waals surface area contributed by atoms with Crippen molar-refractivity contribution in [2.75, 3.05) is 11.5 Å². The van der Waals surface area contributed by atoms with Crippen LogP contribution in [0.15, 0.2) is 46.6 Å². The zero-order chi connectivity index (χ0) is 23.5. The molecule has 1 fully saturated rings. The number of amides is 2. The van der Waals surface area contributed by atoms with Gasteiger partial charge in [-0.15, -0.1) is 47.9 Å². The highest BCUT2D eigenvalue weighted by atomic mass is 35.5. The lowest BCUT2D eigenvalue weighted by Crippen LogP contribution is -2.70. The number of carbonyl (C=O) groups is 3. The Hall–Kier alpha value is -2.84. The van der Waals surface area contributed by atoms with E-state index in [4.69, 9.17) is 16.3 Å². The van der Waals surface area contributed by atoms with Crippen LogP contribution in [0.1, 0.15) is 16.8 Å². The van der Waals surface area contributed by atoms with Gasteiger partial charge in [0.05, 0.1) is 0 Å². The summed E-state index contributed by atoms with van der Waals surface area (Å²) in [6.45, 7) is 0.526. The number of nitrogens with zero attached hydrogens (tertiary/aromatic N) is 3. The van der Waals surface area contributed by atoms with Crippen molar-refractivity contribution < 1.29 is 24.3 Å². The lowest BCUT2D eigenvalue weighted by atomic mass is 10.0. The van der Waals surface area contributed by atoms with Gasteiger partial charge in [-0.3, -0.25) is 14.5 Å². The third kappa shape index (κ3) is 6.05. The Labute approximate surface area is 220 Å². The molecule has 15 heteroatoms. The standard InChI is InChI=1S/C20H20N6O5S2.2ClH/c21-7-10-1-3-11(4-2-10)8-31-25-14(12-9-33-20(22)23-12)16(27)24-15-17(28)26-13(19(29)30)5-6-32-18(15)26;;/h1-5,9,15,18H,6-8,21H2,(H2,22,23)(H,24,27)(H,29,30);2*1H/t15?,18-;;/m1../s1. The maximum atomic E-state index is 13.0. The van der Waals surface area contributed by atoms with Crippen molar-refractivity contribution in [1.29, 1.82) is 0 Å². The number of carboxylic acids is 1. The van der Waals surface area contributed by atoms with E-state index in [9.17, 15) is 19.5 Å². The second-order valence-electron chi connectivity index (χ2n) is 7.08. The lowest BCUT2D eigenvalue weighted by molar-refractivity contribution is -0.150. The molecule has 1 unspecified atom stereocenters. The smallest absolute Gasteiger partial charge is 0.352 e. The Balaban J connectivity index is 0.00000216. The third-order valence-corrected chi connectivity index (χ3v) is 6.83. The molecule has 1 aromatic carbocycles. The normalized spacial score (nSPS) is 18.8. The van der Waals surface area contributed by atoms with Crippen LogP contribution < -0.4 is 16.8 Å². The SMILES string of the molecule is Cl.Cl.NCc1ccc(CON=C(C(=O)NC2C(=O)N3C(C(=O)O)=CCS[C@H]23)c2csc(N)n2)cc1. The number of thiazole rings is 1. The topological polar surface area (TPSA) is 173 Å². The van der Waals surface area contributed by atoms with Crippen LogP contribution in [-0.2, 0) is 32.4 Å². The van der Waals surface area contributed by atoms with Gasteiger partial charge in [-0.05, 0) is 17.2 Å². The number of aromatic nitrogens is 1. The fourth-order valence-electron chi connectivity index (χ4n) is 3.29. The van der Waals surface area contributed by atoms with Crippen molar-refractivity contribution >= 4 is 76.5 Å². The minimum Gasteiger partial charge on any atom is -0.477 e.